The normalized spacial score (nSPS) is 19.5. The van der Waals surface area contributed by atoms with Crippen LogP contribution in [0.4, 0.5) is 0 Å². The van der Waals surface area contributed by atoms with Crippen molar-refractivity contribution in [2.24, 2.45) is 0 Å². The van der Waals surface area contributed by atoms with Gasteiger partial charge in [0, 0.05) is 21.1 Å². The maximum absolute atomic E-state index is 10.9. The summed E-state index contributed by atoms with van der Waals surface area (Å²) in [6, 6.07) is -0.475. The van der Waals surface area contributed by atoms with Gasteiger partial charge in [-0.15, -0.1) is 0 Å². The SMILES string of the molecule is O=C1CCC(c2nc(=O)[nH]c(=O)[nH]2)[N-]1.[W]. The average molecular weight is 379 g/mol. The van der Waals surface area contributed by atoms with Gasteiger partial charge >= 0.3 is 11.4 Å². The molecule has 8 heteroatoms. The van der Waals surface area contributed by atoms with Gasteiger partial charge in [-0.2, -0.15) is 4.98 Å². The fourth-order valence-corrected chi connectivity index (χ4v) is 1.33. The largest absolute Gasteiger partial charge is 0.645 e. The molecule has 1 atom stereocenters. The molecule has 0 radical (unpaired) electrons. The van der Waals surface area contributed by atoms with Crippen molar-refractivity contribution in [3.8, 4) is 0 Å². The van der Waals surface area contributed by atoms with E-state index in [1.165, 1.54) is 0 Å². The second-order valence-electron chi connectivity index (χ2n) is 2.96. The van der Waals surface area contributed by atoms with Gasteiger partial charge < -0.3 is 10.1 Å². The molecule has 1 saturated heterocycles. The van der Waals surface area contributed by atoms with E-state index in [1.54, 1.807) is 0 Å². The first-order valence-electron chi connectivity index (χ1n) is 4.09. The van der Waals surface area contributed by atoms with Crippen LogP contribution in [0.1, 0.15) is 24.7 Å². The van der Waals surface area contributed by atoms with E-state index >= 15 is 0 Å². The number of hydrogen-bond donors (Lipinski definition) is 2. The summed E-state index contributed by atoms with van der Waals surface area (Å²) in [5.74, 6) is -0.0671. The van der Waals surface area contributed by atoms with Gasteiger partial charge in [-0.3, -0.25) is 9.97 Å². The zero-order valence-corrected chi connectivity index (χ0v) is 10.5. The molecular weight excluding hydrogens is 372 g/mol. The summed E-state index contributed by atoms with van der Waals surface area (Å²) in [6.07, 6.45) is 0.826. The van der Waals surface area contributed by atoms with Crippen LogP contribution in [-0.2, 0) is 25.9 Å². The Labute approximate surface area is 98.0 Å². The van der Waals surface area contributed by atoms with Crippen molar-refractivity contribution in [1.29, 1.82) is 0 Å². The zero-order valence-electron chi connectivity index (χ0n) is 7.52. The Hall–Kier alpha value is -1.23. The average Bonchev–Trinajstić information content (AvgIpc) is 2.50. The third-order valence-electron chi connectivity index (χ3n) is 1.93. The Morgan fingerprint density at radius 1 is 1.27 bits per heavy atom. The van der Waals surface area contributed by atoms with E-state index in [9.17, 15) is 14.4 Å². The summed E-state index contributed by atoms with van der Waals surface area (Å²) in [5, 5.41) is 3.72. The third-order valence-corrected chi connectivity index (χ3v) is 1.93. The van der Waals surface area contributed by atoms with Crippen LogP contribution in [0.5, 0.6) is 0 Å². The van der Waals surface area contributed by atoms with E-state index in [0.29, 0.717) is 12.8 Å². The van der Waals surface area contributed by atoms with Gasteiger partial charge in [-0.05, 0) is 6.42 Å². The van der Waals surface area contributed by atoms with Crippen LogP contribution in [0.25, 0.3) is 5.32 Å². The van der Waals surface area contributed by atoms with Crippen molar-refractivity contribution < 1.29 is 25.9 Å². The quantitative estimate of drug-likeness (QED) is 0.665. The summed E-state index contributed by atoms with van der Waals surface area (Å²) in [4.78, 5) is 40.4. The fraction of sp³-hybridized carbons (Fsp3) is 0.429. The Kier molecular flexibility index (Phi) is 3.57. The van der Waals surface area contributed by atoms with Crippen molar-refractivity contribution in [1.82, 2.24) is 15.0 Å². The Morgan fingerprint density at radius 3 is 2.53 bits per heavy atom. The molecule has 2 N–H and O–H groups in total. The monoisotopic (exact) mass is 379 g/mol. The van der Waals surface area contributed by atoms with Gasteiger partial charge in [-0.25, -0.2) is 9.59 Å². The molecule has 7 nitrogen and oxygen atoms in total. The second-order valence-corrected chi connectivity index (χ2v) is 2.96. The molecule has 2 rings (SSSR count). The second kappa shape index (κ2) is 4.53. The molecule has 0 saturated carbocycles. The van der Waals surface area contributed by atoms with Gasteiger partial charge in [0.15, 0.2) is 0 Å². The molecule has 1 aromatic rings. The summed E-state index contributed by atoms with van der Waals surface area (Å²) in [5.41, 5.74) is -1.35. The van der Waals surface area contributed by atoms with Crippen LogP contribution in [0, 0.1) is 0 Å². The van der Waals surface area contributed by atoms with Crippen molar-refractivity contribution in [3.05, 3.63) is 32.1 Å². The Morgan fingerprint density at radius 2 is 2.00 bits per heavy atom. The summed E-state index contributed by atoms with van der Waals surface area (Å²) in [6.45, 7) is 0. The van der Waals surface area contributed by atoms with E-state index in [2.05, 4.69) is 15.3 Å². The number of H-pyrrole nitrogens is 2. The van der Waals surface area contributed by atoms with Crippen LogP contribution in [0.3, 0.4) is 0 Å². The topological polar surface area (TPSA) is 110 Å². The molecule has 1 amide bonds. The number of hydrogen-bond acceptors (Lipinski definition) is 4. The summed E-state index contributed by atoms with van der Waals surface area (Å²) in [7, 11) is 0. The number of nitrogens with one attached hydrogen (secondary N) is 2. The van der Waals surface area contributed by atoms with Crippen molar-refractivity contribution in [2.45, 2.75) is 18.9 Å². The predicted molar refractivity (Wildman–Crippen MR) is 45.8 cm³/mol. The van der Waals surface area contributed by atoms with Gasteiger partial charge in [0.2, 0.25) is 0 Å². The van der Waals surface area contributed by atoms with Crippen LogP contribution in [0.2, 0.25) is 0 Å². The van der Waals surface area contributed by atoms with Gasteiger partial charge in [0.05, 0.1) is 5.91 Å². The minimum absolute atomic E-state index is 0. The van der Waals surface area contributed by atoms with Crippen LogP contribution < -0.4 is 11.4 Å². The molecule has 1 fully saturated rings. The third kappa shape index (κ3) is 2.62. The number of carbonyl (C=O) groups is 1. The van der Waals surface area contributed by atoms with Crippen molar-refractivity contribution in [3.63, 3.8) is 0 Å². The maximum Gasteiger partial charge on any atom is 0.350 e. The molecule has 0 aliphatic carbocycles. The number of rotatable bonds is 1. The molecule has 15 heavy (non-hydrogen) atoms. The van der Waals surface area contributed by atoms with E-state index in [-0.39, 0.29) is 32.8 Å². The number of carbonyl (C=O) groups excluding carboxylic acids is 1. The van der Waals surface area contributed by atoms with E-state index < -0.39 is 17.4 Å². The van der Waals surface area contributed by atoms with Crippen LogP contribution in [0.15, 0.2) is 9.59 Å². The number of aromatic nitrogens is 3. The molecular formula is C7H7N4O3W-. The Bertz CT molecular complexity index is 451. The van der Waals surface area contributed by atoms with Gasteiger partial charge in [0.25, 0.3) is 0 Å². The molecule has 1 aromatic heterocycles. The summed E-state index contributed by atoms with van der Waals surface area (Å²) < 4.78 is 0. The first-order valence-corrected chi connectivity index (χ1v) is 4.09. The molecule has 0 bridgehead atoms. The molecule has 1 unspecified atom stereocenters. The minimum Gasteiger partial charge on any atom is -0.645 e. The van der Waals surface area contributed by atoms with Gasteiger partial charge in [-0.1, -0.05) is 12.5 Å². The van der Waals surface area contributed by atoms with Crippen LogP contribution >= 0.6 is 0 Å². The minimum atomic E-state index is -0.724. The Balaban J connectivity index is 0.00000112. The fourth-order valence-electron chi connectivity index (χ4n) is 1.33. The first kappa shape index (κ1) is 11.8. The first-order chi connectivity index (χ1) is 6.65. The number of aromatic amines is 2. The van der Waals surface area contributed by atoms with Crippen LogP contribution in [-0.4, -0.2) is 20.9 Å². The zero-order chi connectivity index (χ0) is 10.1. The molecule has 1 aliphatic rings. The molecule has 1 aliphatic heterocycles. The molecule has 0 spiro atoms. The molecule has 0 aromatic carbocycles. The van der Waals surface area contributed by atoms with E-state index in [1.807, 2.05) is 4.98 Å². The smallest absolute Gasteiger partial charge is 0.350 e. The van der Waals surface area contributed by atoms with Crippen molar-refractivity contribution >= 4 is 5.91 Å². The molecule has 80 valence electrons. The number of nitrogens with zero attached hydrogens (tertiary/aromatic N) is 2. The van der Waals surface area contributed by atoms with E-state index in [4.69, 9.17) is 0 Å². The molecule has 2 heterocycles. The summed E-state index contributed by atoms with van der Waals surface area (Å²) >= 11 is 0. The predicted octanol–water partition coefficient (Wildman–Crippen LogP) is -0.809. The standard InChI is InChI=1S/C7H8N4O3.W/c12-4-2-1-3(8-4)5-9-6(13)11-7(14)10-5;/h3H,1-2H2,(H3,8,9,10,11,12,13,14);/p-1. The van der Waals surface area contributed by atoms with Gasteiger partial charge in [0.1, 0.15) is 5.82 Å². The maximum atomic E-state index is 10.9. The number of amides is 1. The van der Waals surface area contributed by atoms with E-state index in [0.717, 1.165) is 0 Å². The van der Waals surface area contributed by atoms with Crippen molar-refractivity contribution in [2.75, 3.05) is 0 Å².